The van der Waals surface area contributed by atoms with E-state index in [1.54, 1.807) is 12.4 Å². The maximum absolute atomic E-state index is 5.54. The van der Waals surface area contributed by atoms with Crippen molar-refractivity contribution in [2.45, 2.75) is 0 Å². The molecule has 0 unspecified atom stereocenters. The molecule has 0 bridgehead atoms. The highest BCUT2D eigenvalue weighted by molar-refractivity contribution is 9.11. The number of halogens is 4. The van der Waals surface area contributed by atoms with Crippen LogP contribution in [0.25, 0.3) is 0 Å². The zero-order valence-electron chi connectivity index (χ0n) is 9.87. The van der Waals surface area contributed by atoms with Crippen molar-refractivity contribution in [2.24, 2.45) is 0 Å². The van der Waals surface area contributed by atoms with E-state index in [1.165, 1.54) is 0 Å². The highest BCUT2D eigenvalue weighted by Gasteiger charge is 2.04. The van der Waals surface area contributed by atoms with Crippen LogP contribution in [-0.4, -0.2) is 9.97 Å². The van der Waals surface area contributed by atoms with Gasteiger partial charge in [-0.05, 0) is 63.7 Å². The number of hydrogen-bond acceptors (Lipinski definition) is 6. The Balaban J connectivity index is 0.000000200. The van der Waals surface area contributed by atoms with Crippen LogP contribution < -0.4 is 22.9 Å². The first-order valence-electron chi connectivity index (χ1n) is 4.95. The molecule has 0 saturated heterocycles. The van der Waals surface area contributed by atoms with Gasteiger partial charge < -0.3 is 22.9 Å². The van der Waals surface area contributed by atoms with E-state index in [9.17, 15) is 0 Å². The summed E-state index contributed by atoms with van der Waals surface area (Å²) in [5, 5.41) is 0. The van der Waals surface area contributed by atoms with Crippen LogP contribution in [-0.2, 0) is 0 Å². The second-order valence-electron chi connectivity index (χ2n) is 3.45. The summed E-state index contributed by atoms with van der Waals surface area (Å²) in [5.74, 6) is 0. The number of pyridine rings is 2. The molecule has 6 nitrogen and oxygen atoms in total. The standard InChI is InChI=1S/2C5H5Br2N3/c2*6-2-1-10-5(7)4(9)3(2)8/h2*1H,9H2,(H2,8,10). The minimum Gasteiger partial charge on any atom is -0.396 e. The van der Waals surface area contributed by atoms with E-state index < -0.39 is 0 Å². The fraction of sp³-hybridized carbons (Fsp3) is 0. The van der Waals surface area contributed by atoms with E-state index in [-0.39, 0.29) is 0 Å². The third-order valence-corrected chi connectivity index (χ3v) is 4.65. The Bertz CT molecular complexity index is 524. The highest BCUT2D eigenvalue weighted by Crippen LogP contribution is 2.30. The van der Waals surface area contributed by atoms with Crippen LogP contribution in [0.4, 0.5) is 22.7 Å². The molecule has 0 saturated carbocycles. The van der Waals surface area contributed by atoms with Gasteiger partial charge in [0.05, 0.1) is 31.7 Å². The predicted octanol–water partition coefficient (Wildman–Crippen LogP) is 3.54. The van der Waals surface area contributed by atoms with Crippen molar-refractivity contribution in [2.75, 3.05) is 22.9 Å². The molecule has 2 heterocycles. The van der Waals surface area contributed by atoms with Gasteiger partial charge in [-0.25, -0.2) is 9.97 Å². The Morgan fingerprint density at radius 1 is 0.600 bits per heavy atom. The normalized spacial score (nSPS) is 9.80. The Hall–Kier alpha value is -0.580. The molecule has 8 N–H and O–H groups in total. The fourth-order valence-corrected chi connectivity index (χ4v) is 2.25. The van der Waals surface area contributed by atoms with Crippen LogP contribution >= 0.6 is 63.7 Å². The Morgan fingerprint density at radius 2 is 0.900 bits per heavy atom. The number of nitrogens with zero attached hydrogens (tertiary/aromatic N) is 2. The lowest BCUT2D eigenvalue weighted by Crippen LogP contribution is -1.97. The van der Waals surface area contributed by atoms with Crippen LogP contribution in [0.2, 0.25) is 0 Å². The lowest BCUT2D eigenvalue weighted by atomic mass is 10.4. The molecule has 0 atom stereocenters. The van der Waals surface area contributed by atoms with Crippen LogP contribution in [0, 0.1) is 0 Å². The molecule has 0 aliphatic heterocycles. The largest absolute Gasteiger partial charge is 0.396 e. The second kappa shape index (κ2) is 7.43. The molecule has 0 spiro atoms. The number of nitrogens with two attached hydrogens (primary N) is 4. The summed E-state index contributed by atoms with van der Waals surface area (Å²) in [6.45, 7) is 0. The number of aromatic nitrogens is 2. The van der Waals surface area contributed by atoms with Gasteiger partial charge in [-0.15, -0.1) is 0 Å². The van der Waals surface area contributed by atoms with Crippen molar-refractivity contribution in [1.82, 2.24) is 9.97 Å². The van der Waals surface area contributed by atoms with E-state index in [0.717, 1.165) is 0 Å². The molecule has 0 aliphatic rings. The van der Waals surface area contributed by atoms with Crippen molar-refractivity contribution in [3.05, 3.63) is 30.5 Å². The van der Waals surface area contributed by atoms with Crippen LogP contribution in [0.15, 0.2) is 30.5 Å². The van der Waals surface area contributed by atoms with Crippen LogP contribution in [0.3, 0.4) is 0 Å². The Labute approximate surface area is 149 Å². The number of hydrogen-bond donors (Lipinski definition) is 4. The zero-order valence-corrected chi connectivity index (χ0v) is 16.2. The first-order valence-corrected chi connectivity index (χ1v) is 8.12. The third kappa shape index (κ3) is 4.21. The van der Waals surface area contributed by atoms with Gasteiger partial charge >= 0.3 is 0 Å². The van der Waals surface area contributed by atoms with Crippen LogP contribution in [0.1, 0.15) is 0 Å². The Kier molecular flexibility index (Phi) is 6.49. The van der Waals surface area contributed by atoms with Crippen molar-refractivity contribution >= 4 is 86.5 Å². The summed E-state index contributed by atoms with van der Waals surface area (Å²) in [5.41, 5.74) is 24.1. The number of anilines is 4. The van der Waals surface area contributed by atoms with Gasteiger partial charge in [0.15, 0.2) is 0 Å². The minimum absolute atomic E-state index is 0.467. The summed E-state index contributed by atoms with van der Waals surface area (Å²) in [6.07, 6.45) is 3.19. The SMILES string of the molecule is Nc1c(Br)cnc(Br)c1N.Nc1c(Br)cnc(Br)c1N. The first kappa shape index (κ1) is 17.5. The van der Waals surface area contributed by atoms with Crippen molar-refractivity contribution < 1.29 is 0 Å². The van der Waals surface area contributed by atoms with Crippen LogP contribution in [0.5, 0.6) is 0 Å². The molecular weight excluding hydrogens is 524 g/mol. The van der Waals surface area contributed by atoms with Gasteiger partial charge in [-0.2, -0.15) is 0 Å². The van der Waals surface area contributed by atoms with E-state index >= 15 is 0 Å². The van der Waals surface area contributed by atoms with Crippen molar-refractivity contribution in [1.29, 1.82) is 0 Å². The first-order chi connectivity index (χ1) is 9.25. The fourth-order valence-electron chi connectivity index (χ4n) is 0.984. The molecule has 10 heteroatoms. The van der Waals surface area contributed by atoms with Crippen molar-refractivity contribution in [3.8, 4) is 0 Å². The smallest absolute Gasteiger partial charge is 0.131 e. The van der Waals surface area contributed by atoms with Gasteiger partial charge in [0.1, 0.15) is 9.21 Å². The Morgan fingerprint density at radius 3 is 1.15 bits per heavy atom. The predicted molar refractivity (Wildman–Crippen MR) is 96.9 cm³/mol. The maximum atomic E-state index is 5.54. The average Bonchev–Trinajstić information content (AvgIpc) is 2.43. The van der Waals surface area contributed by atoms with E-state index in [0.29, 0.717) is 40.9 Å². The van der Waals surface area contributed by atoms with Gasteiger partial charge in [-0.3, -0.25) is 0 Å². The minimum atomic E-state index is 0.467. The van der Waals surface area contributed by atoms with E-state index in [1.807, 2.05) is 0 Å². The molecule has 20 heavy (non-hydrogen) atoms. The summed E-state index contributed by atoms with van der Waals surface area (Å²) >= 11 is 12.7. The lowest BCUT2D eigenvalue weighted by molar-refractivity contribution is 1.27. The number of rotatable bonds is 0. The quantitative estimate of drug-likeness (QED) is 0.383. The van der Waals surface area contributed by atoms with E-state index in [2.05, 4.69) is 73.7 Å². The monoisotopic (exact) mass is 530 g/mol. The molecule has 0 aromatic carbocycles. The van der Waals surface area contributed by atoms with Gasteiger partial charge in [0.25, 0.3) is 0 Å². The summed E-state index contributed by atoms with van der Waals surface area (Å²) in [4.78, 5) is 7.81. The third-order valence-electron chi connectivity index (χ3n) is 2.12. The molecule has 2 aromatic rings. The summed E-state index contributed by atoms with van der Waals surface area (Å²) < 4.78 is 2.59. The van der Waals surface area contributed by atoms with E-state index in [4.69, 9.17) is 22.9 Å². The molecule has 2 aromatic heterocycles. The maximum Gasteiger partial charge on any atom is 0.131 e. The molecule has 0 fully saturated rings. The number of nitrogen functional groups attached to an aromatic ring is 4. The van der Waals surface area contributed by atoms with Gasteiger partial charge in [-0.1, -0.05) is 0 Å². The van der Waals surface area contributed by atoms with Gasteiger partial charge in [0, 0.05) is 12.4 Å². The molecule has 0 aliphatic carbocycles. The zero-order chi connectivity index (χ0) is 15.4. The molecule has 0 amide bonds. The molecule has 2 rings (SSSR count). The topological polar surface area (TPSA) is 130 Å². The second-order valence-corrected chi connectivity index (χ2v) is 6.66. The summed E-state index contributed by atoms with van der Waals surface area (Å²) in [7, 11) is 0. The molecule has 108 valence electrons. The lowest BCUT2D eigenvalue weighted by Gasteiger charge is -2.02. The summed E-state index contributed by atoms with van der Waals surface area (Å²) in [6, 6.07) is 0. The van der Waals surface area contributed by atoms with Crippen molar-refractivity contribution in [3.63, 3.8) is 0 Å². The molecular formula is C10H10Br4N6. The average molecular weight is 534 g/mol. The van der Waals surface area contributed by atoms with Gasteiger partial charge in [0.2, 0.25) is 0 Å². The highest BCUT2D eigenvalue weighted by atomic mass is 79.9. The molecule has 0 radical (unpaired) electrons.